The van der Waals surface area contributed by atoms with Crippen molar-refractivity contribution in [1.29, 1.82) is 0 Å². The Bertz CT molecular complexity index is 572. The van der Waals surface area contributed by atoms with E-state index in [1.54, 1.807) is 12.1 Å². The lowest BCUT2D eigenvalue weighted by Gasteiger charge is -2.25. The minimum Gasteiger partial charge on any atom is -0.478 e. The first kappa shape index (κ1) is 11.0. The number of aryl methyl sites for hydroxylation is 1. The molecule has 1 atom stereocenters. The van der Waals surface area contributed by atoms with Crippen LogP contribution in [0.25, 0.3) is 0 Å². The molecule has 1 aromatic heterocycles. The van der Waals surface area contributed by atoms with Gasteiger partial charge >= 0.3 is 5.97 Å². The van der Waals surface area contributed by atoms with Crippen molar-refractivity contribution < 1.29 is 9.90 Å². The minimum atomic E-state index is -0.881. The average Bonchev–Trinajstić information content (AvgIpc) is 2.87. The molecule has 1 aliphatic rings. The molecule has 4 nitrogen and oxygen atoms in total. The van der Waals surface area contributed by atoms with E-state index in [-0.39, 0.29) is 0 Å². The number of carbonyl (C=O) groups is 1. The van der Waals surface area contributed by atoms with Gasteiger partial charge in [0.05, 0.1) is 17.9 Å². The van der Waals surface area contributed by atoms with Crippen LogP contribution in [0.3, 0.4) is 0 Å². The fourth-order valence-electron chi connectivity index (χ4n) is 2.60. The van der Waals surface area contributed by atoms with Gasteiger partial charge in [0, 0.05) is 11.9 Å². The van der Waals surface area contributed by atoms with E-state index in [1.165, 1.54) is 5.69 Å². The fourth-order valence-corrected chi connectivity index (χ4v) is 2.60. The maximum absolute atomic E-state index is 10.8. The standard InChI is InChI=1S/C14H14N2O2/c17-14(18)11-6-4-10(5-7-11)13-3-1-2-12-8-15-9-16(12)13/h4-9,13H,1-3H2,(H,17,18)/t13-/m1/s1. The highest BCUT2D eigenvalue weighted by Gasteiger charge is 2.20. The molecule has 0 aliphatic carbocycles. The third-order valence-electron chi connectivity index (χ3n) is 3.53. The molecular weight excluding hydrogens is 228 g/mol. The Balaban J connectivity index is 1.95. The summed E-state index contributed by atoms with van der Waals surface area (Å²) >= 11 is 0. The highest BCUT2D eigenvalue weighted by atomic mass is 16.4. The van der Waals surface area contributed by atoms with Gasteiger partial charge in [0.25, 0.3) is 0 Å². The van der Waals surface area contributed by atoms with Gasteiger partial charge in [-0.3, -0.25) is 0 Å². The van der Waals surface area contributed by atoms with Gasteiger partial charge in [-0.2, -0.15) is 0 Å². The summed E-state index contributed by atoms with van der Waals surface area (Å²) in [7, 11) is 0. The van der Waals surface area contributed by atoms with Gasteiger partial charge in [-0.15, -0.1) is 0 Å². The minimum absolute atomic E-state index is 0.291. The summed E-state index contributed by atoms with van der Waals surface area (Å²) in [5.74, 6) is -0.881. The van der Waals surface area contributed by atoms with Gasteiger partial charge < -0.3 is 9.67 Å². The molecule has 92 valence electrons. The summed E-state index contributed by atoms with van der Waals surface area (Å²) in [6.45, 7) is 0. The lowest BCUT2D eigenvalue weighted by molar-refractivity contribution is 0.0697. The van der Waals surface area contributed by atoms with Crippen molar-refractivity contribution in [2.75, 3.05) is 0 Å². The van der Waals surface area contributed by atoms with Gasteiger partial charge in [-0.1, -0.05) is 12.1 Å². The molecule has 0 spiro atoms. The summed E-state index contributed by atoms with van der Waals surface area (Å²) in [5.41, 5.74) is 2.74. The lowest BCUT2D eigenvalue weighted by Crippen LogP contribution is -2.17. The van der Waals surface area contributed by atoms with Gasteiger partial charge in [-0.05, 0) is 37.0 Å². The molecular formula is C14H14N2O2. The summed E-state index contributed by atoms with van der Waals surface area (Å²) in [6, 6.07) is 7.44. The third kappa shape index (κ3) is 1.79. The number of imidazole rings is 1. The summed E-state index contributed by atoms with van der Waals surface area (Å²) in [6.07, 6.45) is 7.08. The Morgan fingerprint density at radius 3 is 2.83 bits per heavy atom. The highest BCUT2D eigenvalue weighted by molar-refractivity contribution is 5.87. The van der Waals surface area contributed by atoms with E-state index in [9.17, 15) is 4.79 Å². The molecule has 0 radical (unpaired) electrons. The zero-order valence-corrected chi connectivity index (χ0v) is 9.91. The summed E-state index contributed by atoms with van der Waals surface area (Å²) in [5, 5.41) is 8.90. The van der Waals surface area contributed by atoms with Crippen LogP contribution in [0, 0.1) is 0 Å². The van der Waals surface area contributed by atoms with E-state index < -0.39 is 5.97 Å². The molecule has 4 heteroatoms. The van der Waals surface area contributed by atoms with Crippen molar-refractivity contribution in [1.82, 2.24) is 9.55 Å². The predicted octanol–water partition coefficient (Wildman–Crippen LogP) is 2.51. The normalized spacial score (nSPS) is 18.3. The van der Waals surface area contributed by atoms with E-state index in [4.69, 9.17) is 5.11 Å². The zero-order chi connectivity index (χ0) is 12.5. The van der Waals surface area contributed by atoms with E-state index in [0.717, 1.165) is 24.8 Å². The van der Waals surface area contributed by atoms with Crippen LogP contribution in [0.1, 0.15) is 40.5 Å². The summed E-state index contributed by atoms with van der Waals surface area (Å²) < 4.78 is 2.19. The van der Waals surface area contributed by atoms with Crippen molar-refractivity contribution in [3.63, 3.8) is 0 Å². The van der Waals surface area contributed by atoms with Crippen LogP contribution in [0.4, 0.5) is 0 Å². The van der Waals surface area contributed by atoms with Gasteiger partial charge in [-0.25, -0.2) is 9.78 Å². The van der Waals surface area contributed by atoms with E-state index in [2.05, 4.69) is 9.55 Å². The van der Waals surface area contributed by atoms with Gasteiger partial charge in [0.1, 0.15) is 0 Å². The maximum Gasteiger partial charge on any atom is 0.335 e. The van der Waals surface area contributed by atoms with Crippen LogP contribution in [0.2, 0.25) is 0 Å². The first-order valence-corrected chi connectivity index (χ1v) is 6.09. The number of carboxylic acids is 1. The van der Waals surface area contributed by atoms with E-state index >= 15 is 0 Å². The van der Waals surface area contributed by atoms with Crippen LogP contribution >= 0.6 is 0 Å². The Hall–Kier alpha value is -2.10. The molecule has 2 heterocycles. The molecule has 18 heavy (non-hydrogen) atoms. The largest absolute Gasteiger partial charge is 0.478 e. The van der Waals surface area contributed by atoms with Gasteiger partial charge in [0.15, 0.2) is 0 Å². The number of hydrogen-bond acceptors (Lipinski definition) is 2. The molecule has 0 amide bonds. The number of nitrogens with zero attached hydrogens (tertiary/aromatic N) is 2. The second-order valence-corrected chi connectivity index (χ2v) is 4.63. The lowest BCUT2D eigenvalue weighted by atomic mass is 9.95. The molecule has 0 saturated heterocycles. The molecule has 0 saturated carbocycles. The Kier molecular flexibility index (Phi) is 2.63. The molecule has 0 unspecified atom stereocenters. The van der Waals surface area contributed by atoms with Crippen LogP contribution in [0.5, 0.6) is 0 Å². The average molecular weight is 242 g/mol. The van der Waals surface area contributed by atoms with Crippen molar-refractivity contribution in [3.05, 3.63) is 53.6 Å². The highest BCUT2D eigenvalue weighted by Crippen LogP contribution is 2.30. The molecule has 0 bridgehead atoms. The number of benzene rings is 1. The Morgan fingerprint density at radius 1 is 1.33 bits per heavy atom. The first-order chi connectivity index (χ1) is 8.75. The second-order valence-electron chi connectivity index (χ2n) is 4.63. The number of hydrogen-bond donors (Lipinski definition) is 1. The SMILES string of the molecule is O=C(O)c1ccc([C@H]2CCCc3cncn32)cc1. The van der Waals surface area contributed by atoms with Gasteiger partial charge in [0.2, 0.25) is 0 Å². The van der Waals surface area contributed by atoms with Crippen LogP contribution in [-0.2, 0) is 6.42 Å². The number of rotatable bonds is 2. The van der Waals surface area contributed by atoms with Crippen molar-refractivity contribution in [2.24, 2.45) is 0 Å². The second kappa shape index (κ2) is 4.29. The molecule has 2 aromatic rings. The number of aromatic nitrogens is 2. The summed E-state index contributed by atoms with van der Waals surface area (Å²) in [4.78, 5) is 15.0. The molecule has 3 rings (SSSR count). The number of carboxylic acid groups (broad SMARTS) is 1. The number of fused-ring (bicyclic) bond motifs is 1. The quantitative estimate of drug-likeness (QED) is 0.880. The topological polar surface area (TPSA) is 55.1 Å². The predicted molar refractivity (Wildman–Crippen MR) is 66.7 cm³/mol. The van der Waals surface area contributed by atoms with Crippen molar-refractivity contribution in [3.8, 4) is 0 Å². The van der Waals surface area contributed by atoms with Crippen molar-refractivity contribution >= 4 is 5.97 Å². The number of aromatic carboxylic acids is 1. The monoisotopic (exact) mass is 242 g/mol. The Morgan fingerprint density at radius 2 is 2.11 bits per heavy atom. The molecule has 1 N–H and O–H groups in total. The fraction of sp³-hybridized carbons (Fsp3) is 0.286. The molecule has 0 fully saturated rings. The van der Waals surface area contributed by atoms with Crippen LogP contribution in [0.15, 0.2) is 36.8 Å². The first-order valence-electron chi connectivity index (χ1n) is 6.09. The van der Waals surface area contributed by atoms with E-state index in [0.29, 0.717) is 11.6 Å². The smallest absolute Gasteiger partial charge is 0.335 e. The zero-order valence-electron chi connectivity index (χ0n) is 9.91. The molecule has 1 aliphatic heterocycles. The van der Waals surface area contributed by atoms with E-state index in [1.807, 2.05) is 24.7 Å². The van der Waals surface area contributed by atoms with Crippen LogP contribution < -0.4 is 0 Å². The maximum atomic E-state index is 10.8. The molecule has 1 aromatic carbocycles. The third-order valence-corrected chi connectivity index (χ3v) is 3.53. The Labute approximate surface area is 105 Å². The van der Waals surface area contributed by atoms with Crippen molar-refractivity contribution in [2.45, 2.75) is 25.3 Å². The van der Waals surface area contributed by atoms with Crippen LogP contribution in [-0.4, -0.2) is 20.6 Å².